The van der Waals surface area contributed by atoms with Gasteiger partial charge in [-0.3, -0.25) is 0 Å². The van der Waals surface area contributed by atoms with Crippen molar-refractivity contribution in [2.75, 3.05) is 26.9 Å². The number of hydrogen-bond donors (Lipinski definition) is 2. The maximum Gasteiger partial charge on any atom is 0.0644 e. The molecule has 1 rings (SSSR count). The van der Waals surface area contributed by atoms with Gasteiger partial charge in [-0.05, 0) is 46.1 Å². The summed E-state index contributed by atoms with van der Waals surface area (Å²) in [6, 6.07) is 0. The molecular weight excluding hydrogens is 230 g/mol. The van der Waals surface area contributed by atoms with Crippen LogP contribution >= 0.6 is 0 Å². The summed E-state index contributed by atoms with van der Waals surface area (Å²) < 4.78 is 11.3. The average molecular weight is 259 g/mol. The van der Waals surface area contributed by atoms with E-state index in [9.17, 15) is 5.11 Å². The second-order valence-corrected chi connectivity index (χ2v) is 5.92. The molecule has 2 N–H and O–H groups in total. The lowest BCUT2D eigenvalue weighted by Gasteiger charge is -2.28. The number of rotatable bonds is 8. The first-order chi connectivity index (χ1) is 8.47. The maximum atomic E-state index is 9.52. The molecule has 1 fully saturated rings. The van der Waals surface area contributed by atoms with Crippen LogP contribution in [0.3, 0.4) is 0 Å². The molecule has 0 aromatic rings. The molecule has 4 nitrogen and oxygen atoms in total. The Morgan fingerprint density at radius 1 is 1.44 bits per heavy atom. The Labute approximate surface area is 111 Å². The number of hydrogen-bond acceptors (Lipinski definition) is 4. The topological polar surface area (TPSA) is 50.7 Å². The Balaban J connectivity index is 2.30. The first kappa shape index (κ1) is 15.9. The fourth-order valence-corrected chi connectivity index (χ4v) is 2.53. The van der Waals surface area contributed by atoms with E-state index in [0.29, 0.717) is 0 Å². The lowest BCUT2D eigenvalue weighted by Crippen LogP contribution is -2.46. The molecule has 1 saturated carbocycles. The van der Waals surface area contributed by atoms with Crippen molar-refractivity contribution in [1.82, 2.24) is 5.32 Å². The Bertz CT molecular complexity index is 245. The molecule has 0 saturated heterocycles. The summed E-state index contributed by atoms with van der Waals surface area (Å²) in [5.74, 6) is 0. The molecule has 1 aliphatic carbocycles. The van der Waals surface area contributed by atoms with Gasteiger partial charge in [0.1, 0.15) is 0 Å². The minimum absolute atomic E-state index is 0.115. The quantitative estimate of drug-likeness (QED) is 0.697. The summed E-state index contributed by atoms with van der Waals surface area (Å²) in [5, 5.41) is 12.9. The lowest BCUT2D eigenvalue weighted by atomic mass is 9.99. The van der Waals surface area contributed by atoms with Crippen molar-refractivity contribution in [2.45, 2.75) is 63.7 Å². The maximum absolute atomic E-state index is 9.52. The van der Waals surface area contributed by atoms with Crippen LogP contribution in [0, 0.1) is 0 Å². The number of aliphatic hydroxyl groups is 1. The molecule has 0 spiro atoms. The van der Waals surface area contributed by atoms with Crippen molar-refractivity contribution in [3.8, 4) is 0 Å². The lowest BCUT2D eigenvalue weighted by molar-refractivity contribution is -0.0273. The molecule has 0 aromatic carbocycles. The van der Waals surface area contributed by atoms with Crippen LogP contribution in [0.2, 0.25) is 0 Å². The minimum atomic E-state index is -0.117. The largest absolute Gasteiger partial charge is 0.394 e. The fourth-order valence-electron chi connectivity index (χ4n) is 2.53. The van der Waals surface area contributed by atoms with Gasteiger partial charge >= 0.3 is 0 Å². The molecule has 4 heteroatoms. The molecule has 0 aromatic heterocycles. The van der Waals surface area contributed by atoms with Crippen LogP contribution in [0.25, 0.3) is 0 Å². The van der Waals surface area contributed by atoms with Gasteiger partial charge in [-0.25, -0.2) is 0 Å². The van der Waals surface area contributed by atoms with Crippen LogP contribution in [-0.4, -0.2) is 49.2 Å². The molecule has 0 aliphatic heterocycles. The minimum Gasteiger partial charge on any atom is -0.394 e. The van der Waals surface area contributed by atoms with Crippen molar-refractivity contribution in [3.63, 3.8) is 0 Å². The van der Waals surface area contributed by atoms with E-state index in [1.54, 1.807) is 7.11 Å². The van der Waals surface area contributed by atoms with Gasteiger partial charge in [0.2, 0.25) is 0 Å². The first-order valence-corrected chi connectivity index (χ1v) is 6.99. The first-order valence-electron chi connectivity index (χ1n) is 6.99. The third kappa shape index (κ3) is 4.50. The summed E-state index contributed by atoms with van der Waals surface area (Å²) in [4.78, 5) is 0. The second kappa shape index (κ2) is 6.85. The third-order valence-electron chi connectivity index (χ3n) is 4.03. The van der Waals surface area contributed by atoms with Gasteiger partial charge in [0.15, 0.2) is 0 Å². The highest BCUT2D eigenvalue weighted by molar-refractivity contribution is 4.96. The van der Waals surface area contributed by atoms with Gasteiger partial charge < -0.3 is 19.9 Å². The van der Waals surface area contributed by atoms with E-state index in [-0.39, 0.29) is 23.9 Å². The highest BCUT2D eigenvalue weighted by Crippen LogP contribution is 2.32. The van der Waals surface area contributed by atoms with E-state index in [1.165, 1.54) is 0 Å². The molecule has 0 radical (unpaired) electrons. The van der Waals surface area contributed by atoms with Gasteiger partial charge in [0.25, 0.3) is 0 Å². The van der Waals surface area contributed by atoms with E-state index in [0.717, 1.165) is 38.8 Å². The Kier molecular flexibility index (Phi) is 6.05. The van der Waals surface area contributed by atoms with Crippen LogP contribution < -0.4 is 5.32 Å². The summed E-state index contributed by atoms with van der Waals surface area (Å²) >= 11 is 0. The SMILES string of the molecule is CCNC1(CO)CCC(OCCC(C)(C)OC)C1. The van der Waals surface area contributed by atoms with Crippen molar-refractivity contribution in [2.24, 2.45) is 0 Å². The van der Waals surface area contributed by atoms with Crippen molar-refractivity contribution in [1.29, 1.82) is 0 Å². The van der Waals surface area contributed by atoms with E-state index < -0.39 is 0 Å². The second-order valence-electron chi connectivity index (χ2n) is 5.92. The zero-order chi connectivity index (χ0) is 13.6. The molecule has 0 amide bonds. The molecule has 108 valence electrons. The molecule has 18 heavy (non-hydrogen) atoms. The van der Waals surface area contributed by atoms with Crippen LogP contribution in [0.15, 0.2) is 0 Å². The Morgan fingerprint density at radius 2 is 2.17 bits per heavy atom. The highest BCUT2D eigenvalue weighted by Gasteiger charge is 2.38. The van der Waals surface area contributed by atoms with Gasteiger partial charge in [-0.15, -0.1) is 0 Å². The summed E-state index contributed by atoms with van der Waals surface area (Å²) in [6.45, 7) is 8.03. The molecule has 2 atom stereocenters. The smallest absolute Gasteiger partial charge is 0.0644 e. The third-order valence-corrected chi connectivity index (χ3v) is 4.03. The molecular formula is C14H29NO3. The number of aliphatic hydroxyl groups excluding tert-OH is 1. The van der Waals surface area contributed by atoms with Crippen LogP contribution in [0.5, 0.6) is 0 Å². The molecule has 0 heterocycles. The Morgan fingerprint density at radius 3 is 2.72 bits per heavy atom. The summed E-state index contributed by atoms with van der Waals surface area (Å²) in [5.41, 5.74) is -0.232. The van der Waals surface area contributed by atoms with E-state index >= 15 is 0 Å². The zero-order valence-electron chi connectivity index (χ0n) is 12.3. The van der Waals surface area contributed by atoms with E-state index in [1.807, 2.05) is 0 Å². The number of ether oxygens (including phenoxy) is 2. The standard InChI is InChI=1S/C14H29NO3/c1-5-15-14(11-16)7-6-12(10-14)18-9-8-13(2,3)17-4/h12,15-16H,5-11H2,1-4H3. The monoisotopic (exact) mass is 259 g/mol. The van der Waals surface area contributed by atoms with E-state index in [2.05, 4.69) is 26.1 Å². The zero-order valence-corrected chi connectivity index (χ0v) is 12.3. The summed E-state index contributed by atoms with van der Waals surface area (Å²) in [7, 11) is 1.73. The number of methoxy groups -OCH3 is 1. The number of likely N-dealkylation sites (N-methyl/N-ethyl adjacent to an activating group) is 1. The van der Waals surface area contributed by atoms with Crippen molar-refractivity contribution >= 4 is 0 Å². The molecule has 0 bridgehead atoms. The fraction of sp³-hybridized carbons (Fsp3) is 1.00. The summed E-state index contributed by atoms with van der Waals surface area (Å²) in [6.07, 6.45) is 4.10. The molecule has 1 aliphatic rings. The Hall–Kier alpha value is -0.160. The van der Waals surface area contributed by atoms with Crippen LogP contribution in [0.1, 0.15) is 46.5 Å². The van der Waals surface area contributed by atoms with Gasteiger partial charge in [-0.1, -0.05) is 6.92 Å². The van der Waals surface area contributed by atoms with Crippen LogP contribution in [-0.2, 0) is 9.47 Å². The normalized spacial score (nSPS) is 28.8. The van der Waals surface area contributed by atoms with Gasteiger partial charge in [0, 0.05) is 19.3 Å². The van der Waals surface area contributed by atoms with E-state index in [4.69, 9.17) is 9.47 Å². The predicted molar refractivity (Wildman–Crippen MR) is 72.8 cm³/mol. The number of nitrogens with one attached hydrogen (secondary N) is 1. The predicted octanol–water partition coefficient (Wildman–Crippen LogP) is 1.71. The average Bonchev–Trinajstić information content (AvgIpc) is 2.74. The highest BCUT2D eigenvalue weighted by atomic mass is 16.5. The van der Waals surface area contributed by atoms with Crippen molar-refractivity contribution < 1.29 is 14.6 Å². The molecule has 2 unspecified atom stereocenters. The van der Waals surface area contributed by atoms with Gasteiger partial charge in [-0.2, -0.15) is 0 Å². The van der Waals surface area contributed by atoms with Gasteiger partial charge in [0.05, 0.1) is 18.3 Å². The van der Waals surface area contributed by atoms with Crippen LogP contribution in [0.4, 0.5) is 0 Å². The van der Waals surface area contributed by atoms with Crippen molar-refractivity contribution in [3.05, 3.63) is 0 Å².